The van der Waals surface area contributed by atoms with E-state index in [0.29, 0.717) is 6.42 Å². The molecule has 0 aliphatic heterocycles. The molecule has 2 aromatic rings. The summed E-state index contributed by atoms with van der Waals surface area (Å²) in [5.74, 6) is -0.768. The van der Waals surface area contributed by atoms with Crippen molar-refractivity contribution < 1.29 is 9.90 Å². The summed E-state index contributed by atoms with van der Waals surface area (Å²) in [5, 5.41) is 8.61. The Labute approximate surface area is 104 Å². The minimum Gasteiger partial charge on any atom is -0.481 e. The maximum absolute atomic E-state index is 10.5. The summed E-state index contributed by atoms with van der Waals surface area (Å²) in [6.07, 6.45) is 0.717. The summed E-state index contributed by atoms with van der Waals surface area (Å²) in [7, 11) is 0. The number of carboxylic acids is 1. The highest BCUT2D eigenvalue weighted by atomic mass is 32.1. The fourth-order valence-corrected chi connectivity index (χ4v) is 2.25. The van der Waals surface area contributed by atoms with E-state index in [1.54, 1.807) is 0 Å². The SMILES string of the molecule is Cc1ccc(-c2cc(CCC(=O)O)sn2)cc1. The van der Waals surface area contributed by atoms with Gasteiger partial charge in [-0.25, -0.2) is 0 Å². The van der Waals surface area contributed by atoms with E-state index < -0.39 is 5.97 Å². The summed E-state index contributed by atoms with van der Waals surface area (Å²) < 4.78 is 4.34. The molecule has 0 bridgehead atoms. The third kappa shape index (κ3) is 3.14. The molecule has 0 spiro atoms. The number of hydrogen-bond acceptors (Lipinski definition) is 3. The van der Waals surface area contributed by atoms with Gasteiger partial charge in [0, 0.05) is 10.4 Å². The van der Waals surface area contributed by atoms with Crippen molar-refractivity contribution in [3.63, 3.8) is 0 Å². The molecule has 0 unspecified atom stereocenters. The van der Waals surface area contributed by atoms with E-state index >= 15 is 0 Å². The minimum absolute atomic E-state index is 0.162. The molecule has 0 amide bonds. The van der Waals surface area contributed by atoms with E-state index in [4.69, 9.17) is 5.11 Å². The van der Waals surface area contributed by atoms with Crippen LogP contribution in [-0.2, 0) is 11.2 Å². The second-order valence-electron chi connectivity index (χ2n) is 3.94. The molecule has 1 heterocycles. The van der Waals surface area contributed by atoms with Crippen molar-refractivity contribution in [1.82, 2.24) is 4.37 Å². The van der Waals surface area contributed by atoms with Crippen LogP contribution in [0.5, 0.6) is 0 Å². The average Bonchev–Trinajstić information content (AvgIpc) is 2.76. The van der Waals surface area contributed by atoms with Crippen molar-refractivity contribution in [2.75, 3.05) is 0 Å². The van der Waals surface area contributed by atoms with Crippen molar-refractivity contribution in [1.29, 1.82) is 0 Å². The van der Waals surface area contributed by atoms with Gasteiger partial charge in [0.2, 0.25) is 0 Å². The first-order chi connectivity index (χ1) is 8.15. The molecule has 0 saturated carbocycles. The average molecular weight is 247 g/mol. The zero-order chi connectivity index (χ0) is 12.3. The standard InChI is InChI=1S/C13H13NO2S/c1-9-2-4-10(5-3-9)12-8-11(17-14-12)6-7-13(15)16/h2-5,8H,6-7H2,1H3,(H,15,16). The summed E-state index contributed by atoms with van der Waals surface area (Å²) in [4.78, 5) is 11.5. The normalized spacial score (nSPS) is 10.4. The molecule has 0 saturated heterocycles. The Kier molecular flexibility index (Phi) is 3.54. The number of carboxylic acid groups (broad SMARTS) is 1. The van der Waals surface area contributed by atoms with E-state index in [2.05, 4.69) is 4.37 Å². The second-order valence-corrected chi connectivity index (χ2v) is 4.83. The Morgan fingerprint density at radius 1 is 1.35 bits per heavy atom. The van der Waals surface area contributed by atoms with Crippen LogP contribution < -0.4 is 0 Å². The maximum atomic E-state index is 10.5. The van der Waals surface area contributed by atoms with E-state index in [9.17, 15) is 4.79 Å². The lowest BCUT2D eigenvalue weighted by Crippen LogP contribution is -1.95. The highest BCUT2D eigenvalue weighted by Gasteiger charge is 2.06. The first kappa shape index (κ1) is 11.8. The van der Waals surface area contributed by atoms with E-state index in [0.717, 1.165) is 16.1 Å². The lowest BCUT2D eigenvalue weighted by Gasteiger charge is -1.96. The Morgan fingerprint density at radius 2 is 2.06 bits per heavy atom. The van der Waals surface area contributed by atoms with Gasteiger partial charge in [0.15, 0.2) is 0 Å². The summed E-state index contributed by atoms with van der Waals surface area (Å²) in [6.45, 7) is 2.04. The molecular formula is C13H13NO2S. The highest BCUT2D eigenvalue weighted by molar-refractivity contribution is 7.06. The van der Waals surface area contributed by atoms with Crippen molar-refractivity contribution >= 4 is 17.5 Å². The third-order valence-electron chi connectivity index (χ3n) is 2.49. The summed E-state index contributed by atoms with van der Waals surface area (Å²) >= 11 is 1.38. The van der Waals surface area contributed by atoms with Crippen LogP contribution >= 0.6 is 11.5 Å². The molecule has 0 radical (unpaired) electrons. The molecular weight excluding hydrogens is 234 g/mol. The Bertz CT molecular complexity index is 516. The second kappa shape index (κ2) is 5.10. The van der Waals surface area contributed by atoms with Crippen LogP contribution in [-0.4, -0.2) is 15.4 Å². The van der Waals surface area contributed by atoms with Gasteiger partial charge < -0.3 is 5.11 Å². The van der Waals surface area contributed by atoms with Gasteiger partial charge in [0.05, 0.1) is 12.1 Å². The molecule has 1 N–H and O–H groups in total. The van der Waals surface area contributed by atoms with Crippen molar-refractivity contribution in [3.8, 4) is 11.3 Å². The molecule has 88 valence electrons. The largest absolute Gasteiger partial charge is 0.481 e. The number of aryl methyl sites for hydroxylation is 2. The van der Waals surface area contributed by atoms with Crippen molar-refractivity contribution in [2.24, 2.45) is 0 Å². The van der Waals surface area contributed by atoms with Gasteiger partial charge in [-0.2, -0.15) is 4.37 Å². The fourth-order valence-electron chi connectivity index (χ4n) is 1.52. The van der Waals surface area contributed by atoms with Gasteiger partial charge in [0.25, 0.3) is 0 Å². The number of carbonyl (C=O) groups is 1. The van der Waals surface area contributed by atoms with Crippen LogP contribution in [0.3, 0.4) is 0 Å². The number of rotatable bonds is 4. The van der Waals surface area contributed by atoms with Gasteiger partial charge in [-0.1, -0.05) is 29.8 Å². The molecule has 3 nitrogen and oxygen atoms in total. The molecule has 1 aromatic heterocycles. The number of aliphatic carboxylic acids is 1. The highest BCUT2D eigenvalue weighted by Crippen LogP contribution is 2.23. The van der Waals surface area contributed by atoms with Gasteiger partial charge in [-0.15, -0.1) is 0 Å². The van der Waals surface area contributed by atoms with E-state index in [-0.39, 0.29) is 6.42 Å². The lowest BCUT2D eigenvalue weighted by atomic mass is 10.1. The Hall–Kier alpha value is -1.68. The number of nitrogens with zero attached hydrogens (tertiary/aromatic N) is 1. The van der Waals surface area contributed by atoms with Crippen LogP contribution in [0.25, 0.3) is 11.3 Å². The molecule has 0 fully saturated rings. The molecule has 0 atom stereocenters. The molecule has 0 aliphatic rings. The van der Waals surface area contributed by atoms with Crippen LogP contribution in [0.2, 0.25) is 0 Å². The monoisotopic (exact) mass is 247 g/mol. The third-order valence-corrected chi connectivity index (χ3v) is 3.34. The van der Waals surface area contributed by atoms with Gasteiger partial charge in [-0.3, -0.25) is 4.79 Å². The summed E-state index contributed by atoms with van der Waals surface area (Å²) in [6, 6.07) is 10.1. The molecule has 2 rings (SSSR count). The Balaban J connectivity index is 2.12. The van der Waals surface area contributed by atoms with E-state index in [1.165, 1.54) is 17.1 Å². The zero-order valence-electron chi connectivity index (χ0n) is 9.51. The first-order valence-corrected chi connectivity index (χ1v) is 6.17. The van der Waals surface area contributed by atoms with Crippen LogP contribution in [0.1, 0.15) is 16.9 Å². The quantitative estimate of drug-likeness (QED) is 0.903. The van der Waals surface area contributed by atoms with Gasteiger partial charge >= 0.3 is 5.97 Å². The summed E-state index contributed by atoms with van der Waals surface area (Å²) in [5.41, 5.74) is 3.22. The molecule has 1 aromatic carbocycles. The van der Waals surface area contributed by atoms with Gasteiger partial charge in [-0.05, 0) is 30.9 Å². The smallest absolute Gasteiger partial charge is 0.303 e. The molecule has 4 heteroatoms. The predicted octanol–water partition coefficient (Wildman–Crippen LogP) is 3.14. The molecule has 17 heavy (non-hydrogen) atoms. The van der Waals surface area contributed by atoms with Crippen LogP contribution in [0.15, 0.2) is 30.3 Å². The van der Waals surface area contributed by atoms with Gasteiger partial charge in [0.1, 0.15) is 0 Å². The fraction of sp³-hybridized carbons (Fsp3) is 0.231. The number of hydrogen-bond donors (Lipinski definition) is 1. The lowest BCUT2D eigenvalue weighted by molar-refractivity contribution is -0.136. The van der Waals surface area contributed by atoms with Crippen LogP contribution in [0, 0.1) is 6.92 Å². The zero-order valence-corrected chi connectivity index (χ0v) is 10.3. The van der Waals surface area contributed by atoms with Crippen LogP contribution in [0.4, 0.5) is 0 Å². The first-order valence-electron chi connectivity index (χ1n) is 5.39. The number of aromatic nitrogens is 1. The topological polar surface area (TPSA) is 50.2 Å². The maximum Gasteiger partial charge on any atom is 0.303 e. The number of benzene rings is 1. The van der Waals surface area contributed by atoms with E-state index in [1.807, 2.05) is 37.3 Å². The Morgan fingerprint density at radius 3 is 2.71 bits per heavy atom. The van der Waals surface area contributed by atoms with Crippen molar-refractivity contribution in [3.05, 3.63) is 40.8 Å². The molecule has 0 aliphatic carbocycles. The predicted molar refractivity (Wildman–Crippen MR) is 68.2 cm³/mol. The van der Waals surface area contributed by atoms with Crippen molar-refractivity contribution in [2.45, 2.75) is 19.8 Å². The minimum atomic E-state index is -0.768.